The molecule has 0 N–H and O–H groups in total. The first-order valence-corrected chi connectivity index (χ1v) is 6.01. The highest BCUT2D eigenvalue weighted by Crippen LogP contribution is 2.12. The summed E-state index contributed by atoms with van der Waals surface area (Å²) >= 11 is 0. The molecule has 0 radical (unpaired) electrons. The lowest BCUT2D eigenvalue weighted by molar-refractivity contribution is -0.130. The lowest BCUT2D eigenvalue weighted by Gasteiger charge is -2.13. The van der Waals surface area contributed by atoms with Gasteiger partial charge in [-0.1, -0.05) is 60.7 Å². The summed E-state index contributed by atoms with van der Waals surface area (Å²) in [5.41, 5.74) is 0.646. The van der Waals surface area contributed by atoms with Crippen LogP contribution in [0, 0.1) is 0 Å². The molecule has 0 aliphatic rings. The van der Waals surface area contributed by atoms with Crippen LogP contribution in [0.25, 0.3) is 0 Å². The van der Waals surface area contributed by atoms with Gasteiger partial charge in [0.2, 0.25) is 17.7 Å². The molecule has 0 amide bonds. The summed E-state index contributed by atoms with van der Waals surface area (Å²) in [5, 5.41) is 0. The molecule has 2 rings (SSSR count). The van der Waals surface area contributed by atoms with Crippen LogP contribution in [0.2, 0.25) is 0 Å². The molecule has 0 heterocycles. The second kappa shape index (κ2) is 6.43. The van der Waals surface area contributed by atoms with Gasteiger partial charge < -0.3 is 4.74 Å². The number of Topliss-reactive ketones (excluding diaryl/α,β-unsaturated/α-hetero) is 2. The van der Waals surface area contributed by atoms with E-state index in [0.29, 0.717) is 11.1 Å². The molecule has 0 saturated heterocycles. The van der Waals surface area contributed by atoms with Gasteiger partial charge >= 0.3 is 0 Å². The number of ketones is 2. The van der Waals surface area contributed by atoms with E-state index in [9.17, 15) is 14.4 Å². The van der Waals surface area contributed by atoms with Crippen molar-refractivity contribution in [2.75, 3.05) is 0 Å². The van der Waals surface area contributed by atoms with E-state index in [4.69, 9.17) is 4.74 Å². The van der Waals surface area contributed by atoms with Crippen LogP contribution in [-0.2, 0) is 9.53 Å². The third-order valence-corrected chi connectivity index (χ3v) is 2.78. The molecule has 0 saturated carbocycles. The minimum absolute atomic E-state index is 0.117. The van der Waals surface area contributed by atoms with Gasteiger partial charge in [0.25, 0.3) is 6.47 Å². The number of rotatable bonds is 6. The van der Waals surface area contributed by atoms with Crippen molar-refractivity contribution in [1.29, 1.82) is 0 Å². The molecule has 2 aromatic carbocycles. The van der Waals surface area contributed by atoms with Gasteiger partial charge in [0, 0.05) is 11.1 Å². The standard InChI is InChI=1S/C16H12O4/c17-11-20-16(14(18)12-7-3-1-4-8-12)15(19)13-9-5-2-6-10-13/h1-11,16H. The van der Waals surface area contributed by atoms with Crippen molar-refractivity contribution < 1.29 is 19.1 Å². The van der Waals surface area contributed by atoms with E-state index in [1.165, 1.54) is 0 Å². The Kier molecular flexibility index (Phi) is 4.39. The summed E-state index contributed by atoms with van der Waals surface area (Å²) in [6.45, 7) is 0.117. The lowest BCUT2D eigenvalue weighted by Crippen LogP contribution is -2.33. The number of carbonyl (C=O) groups excluding carboxylic acids is 3. The molecule has 0 spiro atoms. The van der Waals surface area contributed by atoms with Crippen LogP contribution in [0.15, 0.2) is 60.7 Å². The molecule has 0 aromatic heterocycles. The predicted molar refractivity (Wildman–Crippen MR) is 72.5 cm³/mol. The lowest BCUT2D eigenvalue weighted by atomic mass is 9.98. The summed E-state index contributed by atoms with van der Waals surface area (Å²) < 4.78 is 4.69. The Morgan fingerprint density at radius 1 is 0.800 bits per heavy atom. The van der Waals surface area contributed by atoms with Gasteiger partial charge in [0.1, 0.15) is 0 Å². The van der Waals surface area contributed by atoms with E-state index in [-0.39, 0.29) is 6.47 Å². The van der Waals surface area contributed by atoms with E-state index >= 15 is 0 Å². The van der Waals surface area contributed by atoms with Crippen molar-refractivity contribution >= 4 is 18.0 Å². The van der Waals surface area contributed by atoms with E-state index in [0.717, 1.165) is 0 Å². The zero-order valence-corrected chi connectivity index (χ0v) is 10.6. The van der Waals surface area contributed by atoms with Gasteiger partial charge in [-0.3, -0.25) is 14.4 Å². The number of ether oxygens (including phenoxy) is 1. The minimum Gasteiger partial charge on any atom is -0.448 e. The molecule has 4 heteroatoms. The van der Waals surface area contributed by atoms with E-state index in [1.807, 2.05) is 0 Å². The average Bonchev–Trinajstić information content (AvgIpc) is 2.53. The molecule has 0 aliphatic carbocycles. The Hall–Kier alpha value is -2.75. The summed E-state index contributed by atoms with van der Waals surface area (Å²) in [4.78, 5) is 35.0. The summed E-state index contributed by atoms with van der Waals surface area (Å²) in [5.74, 6) is -1.07. The number of carbonyl (C=O) groups is 3. The third-order valence-electron chi connectivity index (χ3n) is 2.78. The van der Waals surface area contributed by atoms with Gasteiger partial charge in [-0.25, -0.2) is 0 Å². The summed E-state index contributed by atoms with van der Waals surface area (Å²) in [7, 11) is 0. The maximum Gasteiger partial charge on any atom is 0.294 e. The fourth-order valence-electron chi connectivity index (χ4n) is 1.81. The molecule has 0 atom stereocenters. The molecule has 0 fully saturated rings. The number of benzene rings is 2. The normalized spacial score (nSPS) is 10.1. The Morgan fingerprint density at radius 2 is 1.20 bits per heavy atom. The predicted octanol–water partition coefficient (Wildman–Crippen LogP) is 2.29. The number of hydrogen-bond acceptors (Lipinski definition) is 4. The van der Waals surface area contributed by atoms with Crippen molar-refractivity contribution in [3.8, 4) is 0 Å². The Morgan fingerprint density at radius 3 is 1.55 bits per heavy atom. The van der Waals surface area contributed by atoms with Crippen molar-refractivity contribution in [3.63, 3.8) is 0 Å². The monoisotopic (exact) mass is 268 g/mol. The van der Waals surface area contributed by atoms with Gasteiger partial charge in [-0.15, -0.1) is 0 Å². The van der Waals surface area contributed by atoms with E-state index in [2.05, 4.69) is 0 Å². The SMILES string of the molecule is O=COC(C(=O)c1ccccc1)C(=O)c1ccccc1. The van der Waals surface area contributed by atoms with Crippen molar-refractivity contribution in [2.45, 2.75) is 6.10 Å². The van der Waals surface area contributed by atoms with Crippen LogP contribution >= 0.6 is 0 Å². The minimum atomic E-state index is -1.45. The first-order chi connectivity index (χ1) is 9.74. The Labute approximate surface area is 116 Å². The first-order valence-electron chi connectivity index (χ1n) is 6.01. The maximum absolute atomic E-state index is 12.2. The van der Waals surface area contributed by atoms with Crippen LogP contribution in [-0.4, -0.2) is 24.1 Å². The van der Waals surface area contributed by atoms with Crippen LogP contribution in [0.4, 0.5) is 0 Å². The smallest absolute Gasteiger partial charge is 0.294 e. The van der Waals surface area contributed by atoms with Crippen LogP contribution in [0.5, 0.6) is 0 Å². The highest BCUT2D eigenvalue weighted by Gasteiger charge is 2.29. The fourth-order valence-corrected chi connectivity index (χ4v) is 1.81. The topological polar surface area (TPSA) is 60.4 Å². The Bertz CT molecular complexity index is 553. The van der Waals surface area contributed by atoms with E-state index < -0.39 is 17.7 Å². The molecular formula is C16H12O4. The van der Waals surface area contributed by atoms with Crippen molar-refractivity contribution in [2.24, 2.45) is 0 Å². The first kappa shape index (κ1) is 13.7. The van der Waals surface area contributed by atoms with E-state index in [1.54, 1.807) is 60.7 Å². The van der Waals surface area contributed by atoms with Crippen LogP contribution in [0.1, 0.15) is 20.7 Å². The van der Waals surface area contributed by atoms with Gasteiger partial charge in [-0.2, -0.15) is 0 Å². The second-order valence-electron chi connectivity index (χ2n) is 4.07. The maximum atomic E-state index is 12.2. The van der Waals surface area contributed by atoms with Gasteiger partial charge in [-0.05, 0) is 0 Å². The van der Waals surface area contributed by atoms with Crippen LogP contribution in [0.3, 0.4) is 0 Å². The molecular weight excluding hydrogens is 256 g/mol. The Balaban J connectivity index is 2.30. The number of hydrogen-bond donors (Lipinski definition) is 0. The zero-order chi connectivity index (χ0) is 14.4. The zero-order valence-electron chi connectivity index (χ0n) is 10.6. The third kappa shape index (κ3) is 2.98. The van der Waals surface area contributed by atoms with Crippen LogP contribution < -0.4 is 0 Å². The fraction of sp³-hybridized carbons (Fsp3) is 0.0625. The summed E-state index contributed by atoms with van der Waals surface area (Å²) in [6, 6.07) is 16.5. The molecule has 100 valence electrons. The molecule has 4 nitrogen and oxygen atoms in total. The highest BCUT2D eigenvalue weighted by molar-refractivity contribution is 6.19. The second-order valence-corrected chi connectivity index (χ2v) is 4.07. The summed E-state index contributed by atoms with van der Waals surface area (Å²) in [6.07, 6.45) is -1.45. The van der Waals surface area contributed by atoms with Gasteiger partial charge in [0.15, 0.2) is 0 Å². The molecule has 20 heavy (non-hydrogen) atoms. The molecule has 0 bridgehead atoms. The molecule has 2 aromatic rings. The molecule has 0 aliphatic heterocycles. The molecule has 0 unspecified atom stereocenters. The van der Waals surface area contributed by atoms with Crippen molar-refractivity contribution in [1.82, 2.24) is 0 Å². The largest absolute Gasteiger partial charge is 0.448 e. The van der Waals surface area contributed by atoms with Gasteiger partial charge in [0.05, 0.1) is 0 Å². The van der Waals surface area contributed by atoms with Crippen molar-refractivity contribution in [3.05, 3.63) is 71.8 Å². The highest BCUT2D eigenvalue weighted by atomic mass is 16.5. The quantitative estimate of drug-likeness (QED) is 0.458. The average molecular weight is 268 g/mol.